The second-order valence-electron chi connectivity index (χ2n) is 29.6. The number of carbonyl (C=O) groups excluding carboxylic acids is 17. The molecule has 0 aromatic rings. The molecule has 7 N–H and O–H groups in total. The van der Waals surface area contributed by atoms with Gasteiger partial charge in [0.25, 0.3) is 0 Å². The van der Waals surface area contributed by atoms with Gasteiger partial charge in [0, 0.05) is 154 Å². The van der Waals surface area contributed by atoms with E-state index in [0.29, 0.717) is 51.4 Å². The molecule has 3 aliphatic rings. The Balaban J connectivity index is 1.86. The predicted octanol–water partition coefficient (Wildman–Crippen LogP) is 2.37. The second kappa shape index (κ2) is 58.7. The number of unbranched alkanes of at least 4 members (excludes halogenated alkanes) is 12. The van der Waals surface area contributed by atoms with Gasteiger partial charge < -0.3 is 118 Å². The summed E-state index contributed by atoms with van der Waals surface area (Å²) >= 11 is 0. The molecule has 0 aromatic carbocycles. The van der Waals surface area contributed by atoms with Crippen LogP contribution in [0.4, 0.5) is 0 Å². The Morgan fingerprint density at radius 1 is 0.298 bits per heavy atom. The van der Waals surface area contributed by atoms with E-state index in [1.165, 1.54) is 27.9 Å². The van der Waals surface area contributed by atoms with E-state index in [1.807, 2.05) is 0 Å². The predicted molar refractivity (Wildman–Crippen MR) is 419 cm³/mol. The number of hydrogen-bond acceptors (Lipinski definition) is 34. The molecule has 3 aliphatic heterocycles. The summed E-state index contributed by atoms with van der Waals surface area (Å²) in [5, 5.41) is 19.7. The fourth-order valence-electron chi connectivity index (χ4n) is 13.7. The van der Waals surface area contributed by atoms with Gasteiger partial charge in [-0.2, -0.15) is 0 Å². The Morgan fingerprint density at radius 3 is 0.909 bits per heavy atom. The highest BCUT2D eigenvalue weighted by Gasteiger charge is 2.54. The van der Waals surface area contributed by atoms with E-state index in [0.717, 1.165) is 114 Å². The molecule has 41 heteroatoms. The smallest absolute Gasteiger partial charge is 0.305 e. The monoisotopic (exact) mass is 1730 g/mol. The van der Waals surface area contributed by atoms with E-state index >= 15 is 0 Å². The first-order valence-electron chi connectivity index (χ1n) is 41.2. The minimum atomic E-state index is -1.37. The van der Waals surface area contributed by atoms with Crippen molar-refractivity contribution in [3.8, 4) is 0 Å². The van der Waals surface area contributed by atoms with Crippen molar-refractivity contribution in [2.75, 3.05) is 79.6 Å². The third kappa shape index (κ3) is 44.9. The highest BCUT2D eigenvalue weighted by atomic mass is 16.7. The lowest BCUT2D eigenvalue weighted by atomic mass is 9.82. The minimum Gasteiger partial charge on any atom is -0.469 e. The van der Waals surface area contributed by atoms with Gasteiger partial charge in [-0.1, -0.05) is 44.9 Å². The molecule has 0 aromatic heterocycles. The van der Waals surface area contributed by atoms with Crippen molar-refractivity contribution < 1.29 is 162 Å². The van der Waals surface area contributed by atoms with Crippen molar-refractivity contribution in [1.82, 2.24) is 37.2 Å². The number of carbonyl (C=O) groups is 17. The lowest BCUT2D eigenvalue weighted by molar-refractivity contribution is -0.279. The van der Waals surface area contributed by atoms with Gasteiger partial charge in [-0.3, -0.25) is 81.5 Å². The van der Waals surface area contributed by atoms with Crippen LogP contribution in [0.15, 0.2) is 0 Å². The third-order valence-corrected chi connectivity index (χ3v) is 19.1. The number of esters is 10. The van der Waals surface area contributed by atoms with Gasteiger partial charge in [0.15, 0.2) is 55.5 Å². The van der Waals surface area contributed by atoms with Gasteiger partial charge in [0.2, 0.25) is 41.4 Å². The quantitative estimate of drug-likeness (QED) is 0.0261. The first-order chi connectivity index (χ1) is 57.4. The maximum absolute atomic E-state index is 14.3. The van der Waals surface area contributed by atoms with E-state index in [2.05, 4.69) is 37.2 Å². The highest BCUT2D eigenvalue weighted by molar-refractivity contribution is 5.81. The summed E-state index contributed by atoms with van der Waals surface area (Å²) in [6.45, 7) is 12.4. The molecular weight excluding hydrogens is 1600 g/mol. The maximum Gasteiger partial charge on any atom is 0.305 e. The number of amides is 7. The maximum atomic E-state index is 14.3. The summed E-state index contributed by atoms with van der Waals surface area (Å²) in [7, 11) is 1.36. The van der Waals surface area contributed by atoms with Gasteiger partial charge in [0.1, 0.15) is 56.3 Å². The Kier molecular flexibility index (Phi) is 51.3. The molecule has 3 rings (SSSR count). The molecule has 121 heavy (non-hydrogen) atoms. The van der Waals surface area contributed by atoms with Gasteiger partial charge >= 0.3 is 59.7 Å². The van der Waals surface area contributed by atoms with Crippen molar-refractivity contribution in [3.05, 3.63) is 0 Å². The normalized spacial score (nSPS) is 22.8. The van der Waals surface area contributed by atoms with E-state index in [4.69, 9.17) is 80.5 Å². The average Bonchev–Trinajstić information content (AvgIpc) is 0.776. The van der Waals surface area contributed by atoms with Crippen LogP contribution in [0.1, 0.15) is 231 Å². The largest absolute Gasteiger partial charge is 0.469 e. The highest BCUT2D eigenvalue weighted by Crippen LogP contribution is 2.33. The van der Waals surface area contributed by atoms with Gasteiger partial charge in [0.05, 0.1) is 26.9 Å². The molecule has 0 aliphatic carbocycles. The zero-order valence-corrected chi connectivity index (χ0v) is 72.1. The van der Waals surface area contributed by atoms with Crippen LogP contribution in [0, 0.1) is 0 Å². The molecule has 3 saturated heterocycles. The SMILES string of the molecule is COC(=O)CCCCCCCCCCCC(=O)NC(CCC(=O)NCCCCCO[C@@H]1OC(COC(C)=O)[C@H](OC(C)=O)[C@H](OC(C)=O)C1NC(C)=O)(CCC(=O)NCCCCCO[C@@H]1OC(COC(C)=O)[C@H](OC(C)=O)[C@H](OC(C)=O)C1NC(C)=O)CCC(=O)NCCOCCO[C@@H]1OC(COC(C)=O)[C@H](OC(C)=O)[C@H](OC(C)=O)C1NC(C)=O. The van der Waals surface area contributed by atoms with Gasteiger partial charge in [-0.15, -0.1) is 0 Å². The Labute approximate surface area is 705 Å². The van der Waals surface area contributed by atoms with E-state index in [9.17, 15) is 81.5 Å². The van der Waals surface area contributed by atoms with Crippen molar-refractivity contribution in [1.29, 1.82) is 0 Å². The molecular formula is C80H129N7O34. The van der Waals surface area contributed by atoms with Gasteiger partial charge in [-0.25, -0.2) is 0 Å². The molecule has 0 saturated carbocycles. The fourth-order valence-corrected chi connectivity index (χ4v) is 13.7. The Bertz CT molecular complexity index is 3030. The van der Waals surface area contributed by atoms with Crippen molar-refractivity contribution in [2.45, 2.75) is 328 Å². The van der Waals surface area contributed by atoms with Crippen LogP contribution < -0.4 is 37.2 Å². The molecule has 0 spiro atoms. The number of nitrogens with one attached hydrogen (secondary N) is 7. The number of methoxy groups -OCH3 is 1. The van der Waals surface area contributed by atoms with Crippen LogP contribution in [0.2, 0.25) is 0 Å². The number of rotatable bonds is 58. The minimum absolute atomic E-state index is 0.0118. The second-order valence-corrected chi connectivity index (χ2v) is 29.6. The zero-order chi connectivity index (χ0) is 90.0. The first-order valence-corrected chi connectivity index (χ1v) is 41.2. The summed E-state index contributed by atoms with van der Waals surface area (Å²) in [6.07, 6.45) is -5.71. The number of hydrogen-bond donors (Lipinski definition) is 7. The first kappa shape index (κ1) is 106. The van der Waals surface area contributed by atoms with Crippen molar-refractivity contribution in [2.24, 2.45) is 0 Å². The summed E-state index contributed by atoms with van der Waals surface area (Å²) in [4.78, 5) is 215. The zero-order valence-electron chi connectivity index (χ0n) is 72.1. The van der Waals surface area contributed by atoms with Crippen LogP contribution in [0.5, 0.6) is 0 Å². The Morgan fingerprint density at radius 2 is 0.595 bits per heavy atom. The average molecular weight is 1730 g/mol. The fraction of sp³-hybridized carbons (Fsp3) is 0.787. The molecule has 7 amide bonds. The molecule has 15 atom stereocenters. The molecule has 41 nitrogen and oxygen atoms in total. The summed E-state index contributed by atoms with van der Waals surface area (Å²) < 4.78 is 95.5. The van der Waals surface area contributed by atoms with Crippen LogP contribution in [0.25, 0.3) is 0 Å². The topological polar surface area (TPSA) is 531 Å². The molecule has 0 radical (unpaired) electrons. The Hall–Kier alpha value is -9.29. The van der Waals surface area contributed by atoms with E-state index in [1.54, 1.807) is 0 Å². The van der Waals surface area contributed by atoms with Crippen LogP contribution in [0.3, 0.4) is 0 Å². The van der Waals surface area contributed by atoms with Crippen molar-refractivity contribution in [3.63, 3.8) is 0 Å². The summed E-state index contributed by atoms with van der Waals surface area (Å²) in [5.74, 6) is -10.4. The molecule has 0 bridgehead atoms. The van der Waals surface area contributed by atoms with E-state index < -0.39 is 206 Å². The lowest BCUT2D eigenvalue weighted by Crippen LogP contribution is -2.66. The molecule has 6 unspecified atom stereocenters. The summed E-state index contributed by atoms with van der Waals surface area (Å²) in [6, 6.07) is -3.61. The van der Waals surface area contributed by atoms with Crippen molar-refractivity contribution >= 4 is 101 Å². The molecule has 3 heterocycles. The van der Waals surface area contributed by atoms with Crippen LogP contribution in [-0.2, 0) is 162 Å². The molecule has 688 valence electrons. The van der Waals surface area contributed by atoms with Gasteiger partial charge in [-0.05, 0) is 70.6 Å². The van der Waals surface area contributed by atoms with Crippen LogP contribution in [-0.4, -0.2) is 278 Å². The molecule has 3 fully saturated rings. The lowest BCUT2D eigenvalue weighted by Gasteiger charge is -2.44. The van der Waals surface area contributed by atoms with Crippen LogP contribution >= 0.6 is 0 Å². The third-order valence-electron chi connectivity index (χ3n) is 19.1. The number of ether oxygens (including phenoxy) is 17. The summed E-state index contributed by atoms with van der Waals surface area (Å²) in [5.41, 5.74) is -1.33. The van der Waals surface area contributed by atoms with E-state index in [-0.39, 0.29) is 109 Å². The standard InChI is InChI=1S/C80H129N7O34/c1-48(88)84-68-74(116-57(10)97)71(113-54(7)94)60(45-110-51(4)91)119-77(68)107-40-27-21-25-37-81-63(100)31-34-80(87-66(103)29-23-19-17-15-14-16-18-20-24-30-67(104)105-13,35-32-64(101)82-38-26-22-28-41-108-78-69(85-49(2)89)75(117-58(11)98)72(114-55(8)95)61(120-78)46-111-52(5)92)36-33-65(102)83-39-42-106-43-44-109-79-70(86-50(3)90)76(118-59(12)99)73(115-56(9)96)62(121-79)47-112-53(6)93/h60-62,68-79H,14-47H2,1-13H3,(H,81,100)(H,82,101)(H,83,102)(H,84,88)(H,85,89)(H,86,90)(H,87,103)/t60?,61?,62?,68?,69?,70?,71-,72-,73-,74+,75+,76+,77+,78+,79+,80?/m0/s1.